The Hall–Kier alpha value is -4.29. The Morgan fingerprint density at radius 3 is 2.65 bits per heavy atom. The molecule has 5 nitrogen and oxygen atoms in total. The second-order valence-corrected chi connectivity index (χ2v) is 8.53. The van der Waals surface area contributed by atoms with E-state index in [4.69, 9.17) is 9.40 Å². The van der Waals surface area contributed by atoms with Gasteiger partial charge in [-0.3, -0.25) is 9.59 Å². The van der Waals surface area contributed by atoms with E-state index >= 15 is 0 Å². The Kier molecular flexibility index (Phi) is 6.14. The van der Waals surface area contributed by atoms with Gasteiger partial charge in [0.15, 0.2) is 5.43 Å². The lowest BCUT2D eigenvalue weighted by Gasteiger charge is -2.05. The summed E-state index contributed by atoms with van der Waals surface area (Å²) >= 11 is 1.59. The summed E-state index contributed by atoms with van der Waals surface area (Å²) in [6, 6.07) is 25.0. The van der Waals surface area contributed by atoms with Gasteiger partial charge < -0.3 is 9.73 Å². The van der Waals surface area contributed by atoms with Crippen molar-refractivity contribution < 1.29 is 9.21 Å². The van der Waals surface area contributed by atoms with Crippen LogP contribution >= 0.6 is 11.3 Å². The third-order valence-electron chi connectivity index (χ3n) is 5.34. The molecule has 0 radical (unpaired) electrons. The fraction of sp³-hybridized carbons (Fsp3) is 0.0357. The first-order valence-corrected chi connectivity index (χ1v) is 11.6. The molecule has 1 amide bonds. The highest BCUT2D eigenvalue weighted by Gasteiger charge is 2.08. The van der Waals surface area contributed by atoms with Crippen molar-refractivity contribution in [2.45, 2.75) is 6.54 Å². The molecular formula is C28H20N2O3S. The van der Waals surface area contributed by atoms with Crippen LogP contribution in [0.4, 0.5) is 0 Å². The first-order valence-electron chi connectivity index (χ1n) is 10.7. The van der Waals surface area contributed by atoms with E-state index < -0.39 is 0 Å². The summed E-state index contributed by atoms with van der Waals surface area (Å²) in [6.45, 7) is 0.361. The molecule has 5 rings (SSSR count). The standard InChI is InChI=1S/C28H20N2O3S/c31-26(14-13-22-17-33-25-12-5-4-11-23(25)27(22)32)29-16-19-7-6-10-21(15-19)28-30-24(18-34-28)20-8-2-1-3-9-20/h1-15,17-18H,16H2,(H,29,31)/b14-13+. The number of nitrogens with one attached hydrogen (secondary N) is 1. The average Bonchev–Trinajstić information content (AvgIpc) is 3.39. The predicted octanol–water partition coefficient (Wildman–Crippen LogP) is 5.91. The molecule has 0 atom stereocenters. The molecular weight excluding hydrogens is 444 g/mol. The van der Waals surface area contributed by atoms with Crippen LogP contribution in [0.1, 0.15) is 11.1 Å². The molecule has 0 saturated carbocycles. The number of amides is 1. The normalized spacial score (nSPS) is 11.2. The zero-order chi connectivity index (χ0) is 23.3. The molecule has 0 unspecified atom stereocenters. The van der Waals surface area contributed by atoms with Gasteiger partial charge in [0.2, 0.25) is 5.91 Å². The second kappa shape index (κ2) is 9.68. The molecule has 0 bridgehead atoms. The number of hydrogen-bond acceptors (Lipinski definition) is 5. The van der Waals surface area contributed by atoms with Crippen molar-refractivity contribution in [3.8, 4) is 21.8 Å². The van der Waals surface area contributed by atoms with E-state index in [-0.39, 0.29) is 11.3 Å². The van der Waals surface area contributed by atoms with Crippen LogP contribution in [0, 0.1) is 0 Å². The summed E-state index contributed by atoms with van der Waals surface area (Å²) in [7, 11) is 0. The van der Waals surface area contributed by atoms with Crippen LogP contribution in [0.25, 0.3) is 38.9 Å². The van der Waals surface area contributed by atoms with E-state index in [1.165, 1.54) is 18.4 Å². The third kappa shape index (κ3) is 4.72. The van der Waals surface area contributed by atoms with Gasteiger partial charge in [-0.15, -0.1) is 11.3 Å². The zero-order valence-corrected chi connectivity index (χ0v) is 18.9. The topological polar surface area (TPSA) is 72.2 Å². The molecule has 0 aliphatic heterocycles. The molecule has 2 aromatic heterocycles. The van der Waals surface area contributed by atoms with Crippen LogP contribution in [0.15, 0.2) is 106 Å². The van der Waals surface area contributed by atoms with E-state index in [2.05, 4.69) is 5.32 Å². The van der Waals surface area contributed by atoms with Gasteiger partial charge in [0, 0.05) is 29.1 Å². The van der Waals surface area contributed by atoms with E-state index in [0.29, 0.717) is 23.1 Å². The Morgan fingerprint density at radius 2 is 1.76 bits per heavy atom. The van der Waals surface area contributed by atoms with Crippen molar-refractivity contribution in [1.82, 2.24) is 10.3 Å². The van der Waals surface area contributed by atoms with Crippen molar-refractivity contribution in [1.29, 1.82) is 0 Å². The highest BCUT2D eigenvalue weighted by atomic mass is 32.1. The Bertz CT molecular complexity index is 1550. The lowest BCUT2D eigenvalue weighted by atomic mass is 10.1. The van der Waals surface area contributed by atoms with Crippen molar-refractivity contribution in [3.63, 3.8) is 0 Å². The van der Waals surface area contributed by atoms with Crippen LogP contribution in [-0.4, -0.2) is 10.9 Å². The number of fused-ring (bicyclic) bond motifs is 1. The molecule has 1 N–H and O–H groups in total. The molecule has 0 aliphatic carbocycles. The highest BCUT2D eigenvalue weighted by molar-refractivity contribution is 7.13. The van der Waals surface area contributed by atoms with E-state index in [1.54, 1.807) is 35.6 Å². The lowest BCUT2D eigenvalue weighted by Crippen LogP contribution is -2.20. The first kappa shape index (κ1) is 21.6. The number of thiazole rings is 1. The van der Waals surface area contributed by atoms with Crippen LogP contribution in [0.3, 0.4) is 0 Å². The molecule has 0 fully saturated rings. The van der Waals surface area contributed by atoms with Crippen LogP contribution < -0.4 is 10.7 Å². The Balaban J connectivity index is 1.25. The Labute approximate surface area is 200 Å². The number of aromatic nitrogens is 1. The zero-order valence-electron chi connectivity index (χ0n) is 18.1. The minimum Gasteiger partial charge on any atom is -0.463 e. The number of hydrogen-bond donors (Lipinski definition) is 1. The number of carbonyl (C=O) groups excluding carboxylic acids is 1. The summed E-state index contributed by atoms with van der Waals surface area (Å²) in [5, 5.41) is 6.32. The van der Waals surface area contributed by atoms with Crippen LogP contribution in [-0.2, 0) is 11.3 Å². The monoisotopic (exact) mass is 464 g/mol. The fourth-order valence-corrected chi connectivity index (χ4v) is 4.41. The first-order chi connectivity index (χ1) is 16.7. The van der Waals surface area contributed by atoms with Crippen molar-refractivity contribution in [2.75, 3.05) is 0 Å². The maximum Gasteiger partial charge on any atom is 0.244 e. The predicted molar refractivity (Wildman–Crippen MR) is 136 cm³/mol. The van der Waals surface area contributed by atoms with Gasteiger partial charge in [0.05, 0.1) is 16.6 Å². The summed E-state index contributed by atoms with van der Waals surface area (Å²) in [5.41, 5.74) is 4.67. The van der Waals surface area contributed by atoms with Gasteiger partial charge in [0.1, 0.15) is 16.9 Å². The molecule has 0 spiro atoms. The van der Waals surface area contributed by atoms with Gasteiger partial charge in [-0.2, -0.15) is 0 Å². The number of para-hydroxylation sites is 1. The van der Waals surface area contributed by atoms with E-state index in [9.17, 15) is 9.59 Å². The molecule has 34 heavy (non-hydrogen) atoms. The van der Waals surface area contributed by atoms with E-state index in [1.807, 2.05) is 60.0 Å². The van der Waals surface area contributed by atoms with Gasteiger partial charge in [0.25, 0.3) is 0 Å². The second-order valence-electron chi connectivity index (χ2n) is 7.67. The minimum atomic E-state index is -0.293. The minimum absolute atomic E-state index is 0.170. The average molecular weight is 465 g/mol. The fourth-order valence-electron chi connectivity index (χ4n) is 3.58. The van der Waals surface area contributed by atoms with E-state index in [0.717, 1.165) is 27.4 Å². The van der Waals surface area contributed by atoms with Crippen molar-refractivity contribution in [2.24, 2.45) is 0 Å². The summed E-state index contributed by atoms with van der Waals surface area (Å²) in [6.07, 6.45) is 4.19. The molecule has 3 aromatic carbocycles. The number of carbonyl (C=O) groups is 1. The highest BCUT2D eigenvalue weighted by Crippen LogP contribution is 2.29. The van der Waals surface area contributed by atoms with Gasteiger partial charge in [-0.25, -0.2) is 4.98 Å². The lowest BCUT2D eigenvalue weighted by molar-refractivity contribution is -0.116. The summed E-state index contributed by atoms with van der Waals surface area (Å²) < 4.78 is 5.48. The molecule has 6 heteroatoms. The van der Waals surface area contributed by atoms with Crippen LogP contribution in [0.5, 0.6) is 0 Å². The number of benzene rings is 3. The van der Waals surface area contributed by atoms with Gasteiger partial charge >= 0.3 is 0 Å². The van der Waals surface area contributed by atoms with Crippen molar-refractivity contribution in [3.05, 3.63) is 118 Å². The molecule has 166 valence electrons. The SMILES string of the molecule is O=C(/C=C/c1coc2ccccc2c1=O)NCc1cccc(-c2nc(-c3ccccc3)cs2)c1. The Morgan fingerprint density at radius 1 is 0.971 bits per heavy atom. The number of nitrogens with zero attached hydrogens (tertiary/aromatic N) is 1. The van der Waals surface area contributed by atoms with Gasteiger partial charge in [-0.1, -0.05) is 60.7 Å². The molecule has 0 saturated heterocycles. The maximum atomic E-state index is 12.5. The van der Waals surface area contributed by atoms with Crippen LogP contribution in [0.2, 0.25) is 0 Å². The largest absolute Gasteiger partial charge is 0.463 e. The molecule has 0 aliphatic rings. The third-order valence-corrected chi connectivity index (χ3v) is 6.23. The smallest absolute Gasteiger partial charge is 0.244 e. The quantitative estimate of drug-likeness (QED) is 0.317. The summed E-state index contributed by atoms with van der Waals surface area (Å²) in [4.78, 5) is 29.6. The number of rotatable bonds is 6. The van der Waals surface area contributed by atoms with Crippen molar-refractivity contribution >= 4 is 34.3 Å². The molecule has 5 aromatic rings. The molecule has 2 heterocycles. The summed E-state index contributed by atoms with van der Waals surface area (Å²) in [5.74, 6) is -0.293. The van der Waals surface area contributed by atoms with Gasteiger partial charge in [-0.05, 0) is 29.8 Å². The maximum absolute atomic E-state index is 12.5.